The van der Waals surface area contributed by atoms with Crippen molar-refractivity contribution in [2.24, 2.45) is 10.9 Å². The number of methoxy groups -OCH3 is 1. The molecule has 0 N–H and O–H groups in total. The maximum Gasteiger partial charge on any atom is 0.101 e. The van der Waals surface area contributed by atoms with Crippen molar-refractivity contribution < 1.29 is 4.74 Å². The molecule has 2 heteroatoms. The standard InChI is InChI=1S/C11H17NO/c1-5-9-6-7-10(13-4)8(2)11(9)12-3/h6-8,11H,3,5H2,1-2,4H3/t8?,11-/m0/s1. The summed E-state index contributed by atoms with van der Waals surface area (Å²) >= 11 is 0. The van der Waals surface area contributed by atoms with Crippen LogP contribution in [0.2, 0.25) is 0 Å². The van der Waals surface area contributed by atoms with Crippen LogP contribution in [0.5, 0.6) is 0 Å². The van der Waals surface area contributed by atoms with Gasteiger partial charge in [-0.3, -0.25) is 4.99 Å². The van der Waals surface area contributed by atoms with Crippen molar-refractivity contribution >= 4 is 6.72 Å². The zero-order valence-electron chi connectivity index (χ0n) is 8.58. The summed E-state index contributed by atoms with van der Waals surface area (Å²) in [6.07, 6.45) is 5.16. The van der Waals surface area contributed by atoms with Gasteiger partial charge < -0.3 is 4.74 Å². The maximum absolute atomic E-state index is 5.26. The molecule has 0 amide bonds. The second kappa shape index (κ2) is 4.26. The minimum absolute atomic E-state index is 0.199. The molecule has 0 saturated heterocycles. The van der Waals surface area contributed by atoms with E-state index in [-0.39, 0.29) is 6.04 Å². The molecule has 0 spiro atoms. The Bertz CT molecular complexity index is 253. The quantitative estimate of drug-likeness (QED) is 0.610. The van der Waals surface area contributed by atoms with Crippen LogP contribution in [0.1, 0.15) is 20.3 Å². The van der Waals surface area contributed by atoms with Gasteiger partial charge in [-0.05, 0) is 24.8 Å². The van der Waals surface area contributed by atoms with E-state index in [4.69, 9.17) is 4.74 Å². The Morgan fingerprint density at radius 3 is 2.69 bits per heavy atom. The molecule has 2 atom stereocenters. The van der Waals surface area contributed by atoms with Crippen LogP contribution in [0.25, 0.3) is 0 Å². The van der Waals surface area contributed by atoms with Gasteiger partial charge in [0.25, 0.3) is 0 Å². The molecule has 0 aromatic carbocycles. The van der Waals surface area contributed by atoms with Gasteiger partial charge in [-0.2, -0.15) is 0 Å². The van der Waals surface area contributed by atoms with Crippen LogP contribution in [0.3, 0.4) is 0 Å². The molecule has 2 nitrogen and oxygen atoms in total. The molecule has 0 radical (unpaired) electrons. The van der Waals surface area contributed by atoms with Gasteiger partial charge in [0.2, 0.25) is 0 Å². The normalized spacial score (nSPS) is 27.6. The minimum atomic E-state index is 0.199. The van der Waals surface area contributed by atoms with E-state index in [0.29, 0.717) is 5.92 Å². The Balaban J connectivity index is 2.93. The van der Waals surface area contributed by atoms with Crippen LogP contribution in [0, 0.1) is 5.92 Å². The van der Waals surface area contributed by atoms with Crippen LogP contribution < -0.4 is 0 Å². The van der Waals surface area contributed by atoms with Gasteiger partial charge in [0, 0.05) is 5.92 Å². The second-order valence-corrected chi connectivity index (χ2v) is 3.28. The van der Waals surface area contributed by atoms with E-state index in [1.165, 1.54) is 5.57 Å². The monoisotopic (exact) mass is 179 g/mol. The Kier molecular flexibility index (Phi) is 3.29. The summed E-state index contributed by atoms with van der Waals surface area (Å²) < 4.78 is 5.26. The lowest BCUT2D eigenvalue weighted by Crippen LogP contribution is -2.23. The van der Waals surface area contributed by atoms with Crippen molar-refractivity contribution in [3.63, 3.8) is 0 Å². The van der Waals surface area contributed by atoms with Gasteiger partial charge >= 0.3 is 0 Å². The Morgan fingerprint density at radius 1 is 1.54 bits per heavy atom. The van der Waals surface area contributed by atoms with E-state index in [9.17, 15) is 0 Å². The largest absolute Gasteiger partial charge is 0.501 e. The van der Waals surface area contributed by atoms with Gasteiger partial charge in [-0.15, -0.1) is 0 Å². The number of hydrogen-bond acceptors (Lipinski definition) is 2. The first kappa shape index (κ1) is 10.0. The Hall–Kier alpha value is -1.05. The number of hydrogen-bond donors (Lipinski definition) is 0. The van der Waals surface area contributed by atoms with Crippen molar-refractivity contribution in [3.8, 4) is 0 Å². The summed E-state index contributed by atoms with van der Waals surface area (Å²) in [5, 5.41) is 0. The molecule has 72 valence electrons. The van der Waals surface area contributed by atoms with Gasteiger partial charge in [0.05, 0.1) is 13.2 Å². The second-order valence-electron chi connectivity index (χ2n) is 3.28. The lowest BCUT2D eigenvalue weighted by molar-refractivity contribution is 0.236. The van der Waals surface area contributed by atoms with E-state index < -0.39 is 0 Å². The van der Waals surface area contributed by atoms with E-state index in [1.807, 2.05) is 6.08 Å². The highest BCUT2D eigenvalue weighted by atomic mass is 16.5. The Morgan fingerprint density at radius 2 is 2.23 bits per heavy atom. The number of nitrogens with zero attached hydrogens (tertiary/aromatic N) is 1. The molecule has 13 heavy (non-hydrogen) atoms. The van der Waals surface area contributed by atoms with Crippen molar-refractivity contribution in [3.05, 3.63) is 23.5 Å². The molecule has 0 saturated carbocycles. The van der Waals surface area contributed by atoms with Crippen molar-refractivity contribution in [1.29, 1.82) is 0 Å². The van der Waals surface area contributed by atoms with Crippen molar-refractivity contribution in [2.45, 2.75) is 26.3 Å². The zero-order valence-corrected chi connectivity index (χ0v) is 8.58. The van der Waals surface area contributed by atoms with Crippen molar-refractivity contribution in [2.75, 3.05) is 7.11 Å². The zero-order chi connectivity index (χ0) is 9.84. The van der Waals surface area contributed by atoms with Gasteiger partial charge in [-0.1, -0.05) is 19.9 Å². The summed E-state index contributed by atoms with van der Waals surface area (Å²) in [5.41, 5.74) is 1.34. The fourth-order valence-corrected chi connectivity index (χ4v) is 1.77. The van der Waals surface area contributed by atoms with E-state index >= 15 is 0 Å². The fourth-order valence-electron chi connectivity index (χ4n) is 1.77. The molecule has 1 unspecified atom stereocenters. The van der Waals surface area contributed by atoms with Gasteiger partial charge in [-0.25, -0.2) is 0 Å². The topological polar surface area (TPSA) is 21.6 Å². The highest BCUT2D eigenvalue weighted by Crippen LogP contribution is 2.29. The van der Waals surface area contributed by atoms with Crippen LogP contribution in [-0.4, -0.2) is 19.9 Å². The highest BCUT2D eigenvalue weighted by molar-refractivity contribution is 5.34. The van der Waals surface area contributed by atoms with Gasteiger partial charge in [0.15, 0.2) is 0 Å². The summed E-state index contributed by atoms with van der Waals surface area (Å²) in [4.78, 5) is 4.14. The summed E-state index contributed by atoms with van der Waals surface area (Å²) in [6.45, 7) is 7.89. The van der Waals surface area contributed by atoms with Gasteiger partial charge in [0.1, 0.15) is 5.76 Å². The summed E-state index contributed by atoms with van der Waals surface area (Å²) in [7, 11) is 1.70. The lowest BCUT2D eigenvalue weighted by atomic mass is 9.87. The van der Waals surface area contributed by atoms with E-state index in [2.05, 4.69) is 31.6 Å². The predicted octanol–water partition coefficient (Wildman–Crippen LogP) is 2.57. The number of ether oxygens (including phenoxy) is 1. The molecule has 0 heterocycles. The van der Waals surface area contributed by atoms with E-state index in [1.54, 1.807) is 7.11 Å². The first-order valence-corrected chi connectivity index (χ1v) is 4.65. The molecule has 0 bridgehead atoms. The van der Waals surface area contributed by atoms with Crippen LogP contribution in [0.15, 0.2) is 28.5 Å². The molecule has 0 aliphatic heterocycles. The third kappa shape index (κ3) is 1.82. The molecule has 1 aliphatic carbocycles. The average molecular weight is 179 g/mol. The average Bonchev–Trinajstić information content (AvgIpc) is 2.17. The van der Waals surface area contributed by atoms with Crippen LogP contribution in [0.4, 0.5) is 0 Å². The molecule has 1 aliphatic rings. The van der Waals surface area contributed by atoms with E-state index in [0.717, 1.165) is 12.2 Å². The maximum atomic E-state index is 5.26. The number of allylic oxidation sites excluding steroid dienone is 2. The molecule has 1 rings (SSSR count). The predicted molar refractivity (Wildman–Crippen MR) is 56.0 cm³/mol. The third-order valence-electron chi connectivity index (χ3n) is 2.60. The summed E-state index contributed by atoms with van der Waals surface area (Å²) in [5.74, 6) is 1.32. The van der Waals surface area contributed by atoms with Crippen LogP contribution in [-0.2, 0) is 4.74 Å². The first-order chi connectivity index (χ1) is 6.24. The SMILES string of the molecule is C=N[C@@H]1C(CC)=CC=C(OC)C1C. The molecular formula is C11H17NO. The lowest BCUT2D eigenvalue weighted by Gasteiger charge is -2.26. The minimum Gasteiger partial charge on any atom is -0.501 e. The molecule has 0 aromatic rings. The molecule has 0 aromatic heterocycles. The fraction of sp³-hybridized carbons (Fsp3) is 0.545. The number of rotatable bonds is 3. The van der Waals surface area contributed by atoms with Crippen LogP contribution >= 0.6 is 0 Å². The van der Waals surface area contributed by atoms with Crippen molar-refractivity contribution in [1.82, 2.24) is 0 Å². The first-order valence-electron chi connectivity index (χ1n) is 4.65. The molecular weight excluding hydrogens is 162 g/mol. The third-order valence-corrected chi connectivity index (χ3v) is 2.60. The summed E-state index contributed by atoms with van der Waals surface area (Å²) in [6, 6.07) is 0.199. The Labute approximate surface area is 80.0 Å². The molecule has 0 fully saturated rings. The number of aliphatic imine (C=N–C) groups is 1. The smallest absolute Gasteiger partial charge is 0.101 e. The highest BCUT2D eigenvalue weighted by Gasteiger charge is 2.25.